The van der Waals surface area contributed by atoms with Gasteiger partial charge < -0.3 is 10.3 Å². The number of nitrogens with zero attached hydrogens (tertiary/aromatic N) is 2. The number of benzene rings is 2. The van der Waals surface area contributed by atoms with E-state index in [9.17, 15) is 0 Å². The molecule has 0 radical (unpaired) electrons. The molecular formula is C21H18N4. The summed E-state index contributed by atoms with van der Waals surface area (Å²) in [5.41, 5.74) is 5.47. The van der Waals surface area contributed by atoms with Gasteiger partial charge in [0.05, 0.1) is 0 Å². The number of aryl methyl sites for hydroxylation is 1. The number of nitrogens with one attached hydrogen (secondary N) is 2. The van der Waals surface area contributed by atoms with Crippen molar-refractivity contribution in [1.29, 1.82) is 0 Å². The van der Waals surface area contributed by atoms with E-state index in [4.69, 9.17) is 0 Å². The minimum absolute atomic E-state index is 0.591. The Labute approximate surface area is 146 Å². The molecule has 0 aliphatic rings. The molecule has 0 unspecified atom stereocenters. The van der Waals surface area contributed by atoms with Gasteiger partial charge in [-0.05, 0) is 36.8 Å². The number of anilines is 2. The van der Waals surface area contributed by atoms with Crippen LogP contribution in [-0.2, 0) is 0 Å². The monoisotopic (exact) mass is 326 g/mol. The fourth-order valence-electron chi connectivity index (χ4n) is 2.70. The molecule has 0 saturated heterocycles. The third-order valence-electron chi connectivity index (χ3n) is 4.06. The highest BCUT2D eigenvalue weighted by Crippen LogP contribution is 2.20. The zero-order chi connectivity index (χ0) is 17.1. The molecule has 0 aliphatic heterocycles. The number of aromatic nitrogens is 3. The lowest BCUT2D eigenvalue weighted by Gasteiger charge is -2.04. The predicted octanol–water partition coefficient (Wildman–Crippen LogP) is 5.18. The van der Waals surface area contributed by atoms with E-state index in [-0.39, 0.29) is 0 Å². The summed E-state index contributed by atoms with van der Waals surface area (Å²) in [6, 6.07) is 16.4. The first-order valence-electron chi connectivity index (χ1n) is 8.18. The fourth-order valence-corrected chi connectivity index (χ4v) is 2.70. The van der Waals surface area contributed by atoms with Crippen LogP contribution in [0.4, 0.5) is 11.6 Å². The second-order valence-corrected chi connectivity index (χ2v) is 5.95. The average Bonchev–Trinajstić information content (AvgIpc) is 3.12. The Hall–Kier alpha value is -3.40. The molecule has 0 saturated carbocycles. The number of H-pyrrole nitrogens is 1. The van der Waals surface area contributed by atoms with E-state index in [0.29, 0.717) is 5.95 Å². The summed E-state index contributed by atoms with van der Waals surface area (Å²) in [5, 5.41) is 4.41. The third kappa shape index (κ3) is 3.43. The van der Waals surface area contributed by atoms with Gasteiger partial charge >= 0.3 is 0 Å². The molecular weight excluding hydrogens is 308 g/mol. The van der Waals surface area contributed by atoms with Crippen molar-refractivity contribution >= 4 is 34.7 Å². The van der Waals surface area contributed by atoms with Gasteiger partial charge in [-0.2, -0.15) is 0 Å². The third-order valence-corrected chi connectivity index (χ3v) is 4.06. The van der Waals surface area contributed by atoms with Crippen LogP contribution in [0.25, 0.3) is 23.1 Å². The Morgan fingerprint density at radius 1 is 0.920 bits per heavy atom. The first-order chi connectivity index (χ1) is 12.3. The van der Waals surface area contributed by atoms with Crippen molar-refractivity contribution in [3.05, 3.63) is 83.8 Å². The van der Waals surface area contributed by atoms with Crippen molar-refractivity contribution in [2.45, 2.75) is 6.92 Å². The Morgan fingerprint density at radius 3 is 2.52 bits per heavy atom. The highest BCUT2D eigenvalue weighted by atomic mass is 15.1. The van der Waals surface area contributed by atoms with Gasteiger partial charge in [0.25, 0.3) is 0 Å². The number of rotatable bonds is 4. The van der Waals surface area contributed by atoms with E-state index in [1.807, 2.05) is 42.9 Å². The molecule has 0 fully saturated rings. The van der Waals surface area contributed by atoms with Crippen molar-refractivity contribution in [3.63, 3.8) is 0 Å². The van der Waals surface area contributed by atoms with Crippen LogP contribution in [0, 0.1) is 6.92 Å². The largest absolute Gasteiger partial charge is 0.361 e. The second kappa shape index (κ2) is 6.61. The van der Waals surface area contributed by atoms with Crippen LogP contribution in [0.3, 0.4) is 0 Å². The van der Waals surface area contributed by atoms with Crippen LogP contribution in [0.1, 0.15) is 16.7 Å². The summed E-state index contributed by atoms with van der Waals surface area (Å²) < 4.78 is 0. The number of hydrogen-bond donors (Lipinski definition) is 2. The first kappa shape index (κ1) is 15.1. The maximum Gasteiger partial charge on any atom is 0.227 e. The van der Waals surface area contributed by atoms with E-state index in [1.54, 1.807) is 0 Å². The van der Waals surface area contributed by atoms with E-state index in [2.05, 4.69) is 63.6 Å². The highest BCUT2D eigenvalue weighted by Gasteiger charge is 1.99. The minimum atomic E-state index is 0.591. The molecule has 2 aromatic carbocycles. The Morgan fingerprint density at radius 2 is 1.72 bits per heavy atom. The quantitative estimate of drug-likeness (QED) is 0.543. The molecule has 2 aromatic heterocycles. The molecule has 2 heterocycles. The van der Waals surface area contributed by atoms with Gasteiger partial charge in [-0.3, -0.25) is 0 Å². The molecule has 122 valence electrons. The van der Waals surface area contributed by atoms with Crippen LogP contribution in [0.5, 0.6) is 0 Å². The summed E-state index contributed by atoms with van der Waals surface area (Å²) >= 11 is 0. The Kier molecular flexibility index (Phi) is 4.01. The van der Waals surface area contributed by atoms with Gasteiger partial charge in [-0.25, -0.2) is 9.97 Å². The van der Waals surface area contributed by atoms with Crippen LogP contribution >= 0.6 is 0 Å². The zero-order valence-corrected chi connectivity index (χ0v) is 13.9. The number of aromatic amines is 1. The summed E-state index contributed by atoms with van der Waals surface area (Å²) in [5.74, 6) is 0.591. The molecule has 4 rings (SSSR count). The summed E-state index contributed by atoms with van der Waals surface area (Å²) in [4.78, 5) is 12.0. The van der Waals surface area contributed by atoms with E-state index in [0.717, 1.165) is 16.8 Å². The molecule has 4 aromatic rings. The molecule has 0 atom stereocenters. The SMILES string of the molecule is Cc1ccc(Nc2ncc(/C=C/c3cccc4[nH]ccc34)cn2)cc1. The number of fused-ring (bicyclic) bond motifs is 1. The maximum absolute atomic E-state index is 4.38. The van der Waals surface area contributed by atoms with E-state index in [1.165, 1.54) is 16.5 Å². The molecule has 0 bridgehead atoms. The smallest absolute Gasteiger partial charge is 0.227 e. The van der Waals surface area contributed by atoms with Crippen molar-refractivity contribution < 1.29 is 0 Å². The van der Waals surface area contributed by atoms with Crippen LogP contribution in [0.2, 0.25) is 0 Å². The van der Waals surface area contributed by atoms with Gasteiger partial charge in [0, 0.05) is 40.7 Å². The van der Waals surface area contributed by atoms with Crippen molar-refractivity contribution in [1.82, 2.24) is 15.0 Å². The van der Waals surface area contributed by atoms with Gasteiger partial charge in [0.15, 0.2) is 0 Å². The highest BCUT2D eigenvalue weighted by molar-refractivity contribution is 5.91. The Bertz CT molecular complexity index is 1010. The predicted molar refractivity (Wildman–Crippen MR) is 104 cm³/mol. The lowest BCUT2D eigenvalue weighted by Crippen LogP contribution is -1.96. The van der Waals surface area contributed by atoms with Gasteiger partial charge in [0.1, 0.15) is 0 Å². The molecule has 0 amide bonds. The average molecular weight is 326 g/mol. The van der Waals surface area contributed by atoms with Gasteiger partial charge in [0.2, 0.25) is 5.95 Å². The van der Waals surface area contributed by atoms with Crippen molar-refractivity contribution in [2.24, 2.45) is 0 Å². The topological polar surface area (TPSA) is 53.6 Å². The lowest BCUT2D eigenvalue weighted by molar-refractivity contribution is 1.16. The molecule has 0 aliphatic carbocycles. The number of hydrogen-bond acceptors (Lipinski definition) is 3. The lowest BCUT2D eigenvalue weighted by atomic mass is 10.1. The normalized spacial score (nSPS) is 11.2. The first-order valence-corrected chi connectivity index (χ1v) is 8.18. The zero-order valence-electron chi connectivity index (χ0n) is 13.9. The molecule has 2 N–H and O–H groups in total. The minimum Gasteiger partial charge on any atom is -0.361 e. The van der Waals surface area contributed by atoms with E-state index < -0.39 is 0 Å². The molecule has 4 heteroatoms. The molecule has 0 spiro atoms. The van der Waals surface area contributed by atoms with Gasteiger partial charge in [-0.15, -0.1) is 0 Å². The van der Waals surface area contributed by atoms with Crippen LogP contribution in [0.15, 0.2) is 67.1 Å². The second-order valence-electron chi connectivity index (χ2n) is 5.95. The fraction of sp³-hybridized carbons (Fsp3) is 0.0476. The molecule has 25 heavy (non-hydrogen) atoms. The summed E-state index contributed by atoms with van der Waals surface area (Å²) in [7, 11) is 0. The van der Waals surface area contributed by atoms with Crippen molar-refractivity contribution in [2.75, 3.05) is 5.32 Å². The Balaban J connectivity index is 1.50. The van der Waals surface area contributed by atoms with Crippen molar-refractivity contribution in [3.8, 4) is 0 Å². The standard InChI is InChI=1S/C21H18N4/c1-15-5-9-18(10-6-15)25-21-23-13-16(14-24-21)7-8-17-3-2-4-20-19(17)11-12-22-20/h2-14,22H,1H3,(H,23,24,25)/b8-7+. The molecule has 4 nitrogen and oxygen atoms in total. The van der Waals surface area contributed by atoms with Gasteiger partial charge in [-0.1, -0.05) is 42.0 Å². The van der Waals surface area contributed by atoms with Crippen LogP contribution in [-0.4, -0.2) is 15.0 Å². The van der Waals surface area contributed by atoms with Crippen LogP contribution < -0.4 is 5.32 Å². The summed E-state index contributed by atoms with van der Waals surface area (Å²) in [6.45, 7) is 2.06. The van der Waals surface area contributed by atoms with E-state index >= 15 is 0 Å². The summed E-state index contributed by atoms with van der Waals surface area (Å²) in [6.07, 6.45) is 9.70. The maximum atomic E-state index is 4.38.